The summed E-state index contributed by atoms with van der Waals surface area (Å²) >= 11 is 3.36. The summed E-state index contributed by atoms with van der Waals surface area (Å²) in [5.41, 5.74) is 5.70. The van der Waals surface area contributed by atoms with Gasteiger partial charge in [0, 0.05) is 16.5 Å². The first-order chi connectivity index (χ1) is 10.0. The number of aryl methyl sites for hydroxylation is 1. The Labute approximate surface area is 128 Å². The molecule has 0 aliphatic carbocycles. The molecule has 21 heavy (non-hydrogen) atoms. The number of rotatable bonds is 5. The van der Waals surface area contributed by atoms with Crippen LogP contribution in [-0.4, -0.2) is 32.1 Å². The molecule has 0 spiro atoms. The van der Waals surface area contributed by atoms with Crippen molar-refractivity contribution >= 4 is 27.9 Å². The number of aromatic nitrogens is 4. The maximum absolute atomic E-state index is 11.2. The minimum atomic E-state index is -0.851. The summed E-state index contributed by atoms with van der Waals surface area (Å²) in [5, 5.41) is 14.1. The van der Waals surface area contributed by atoms with Gasteiger partial charge in [0.1, 0.15) is 0 Å². The molecule has 0 unspecified atom stereocenters. The molecule has 1 aromatic heterocycles. The number of hydrogen-bond donors (Lipinski definition) is 2. The van der Waals surface area contributed by atoms with Crippen LogP contribution in [0, 0.1) is 0 Å². The normalized spacial score (nSPS) is 10.3. The smallest absolute Gasteiger partial charge is 0.318 e. The van der Waals surface area contributed by atoms with Crippen LogP contribution in [0.5, 0.6) is 0 Å². The predicted octanol–water partition coefficient (Wildman–Crippen LogP) is 1.08. The molecule has 0 aliphatic heterocycles. The van der Waals surface area contributed by atoms with Crippen LogP contribution in [0.25, 0.3) is 11.4 Å². The maximum atomic E-state index is 11.2. The Morgan fingerprint density at radius 2 is 2.00 bits per heavy atom. The highest BCUT2D eigenvalue weighted by atomic mass is 79.9. The summed E-state index contributed by atoms with van der Waals surface area (Å²) in [7, 11) is 0. The van der Waals surface area contributed by atoms with Gasteiger partial charge in [-0.15, -0.1) is 10.2 Å². The Hall–Kier alpha value is -2.29. The number of imide groups is 1. The second-order valence-electron chi connectivity index (χ2n) is 4.23. The van der Waals surface area contributed by atoms with Gasteiger partial charge in [-0.25, -0.2) is 4.79 Å². The van der Waals surface area contributed by atoms with Gasteiger partial charge in [0.2, 0.25) is 11.7 Å². The van der Waals surface area contributed by atoms with Crippen molar-refractivity contribution in [1.82, 2.24) is 25.5 Å². The van der Waals surface area contributed by atoms with E-state index in [4.69, 9.17) is 5.73 Å². The van der Waals surface area contributed by atoms with Gasteiger partial charge in [-0.3, -0.25) is 10.1 Å². The van der Waals surface area contributed by atoms with Gasteiger partial charge in [-0.05, 0) is 35.9 Å². The SMILES string of the molecule is NC(=O)NC(=O)CCCn1nnc(-c2ccc(Br)cc2)n1. The van der Waals surface area contributed by atoms with E-state index in [0.29, 0.717) is 18.8 Å². The van der Waals surface area contributed by atoms with E-state index in [1.54, 1.807) is 0 Å². The maximum Gasteiger partial charge on any atom is 0.318 e. The summed E-state index contributed by atoms with van der Waals surface area (Å²) < 4.78 is 0.971. The molecule has 1 aromatic carbocycles. The standard InChI is InChI=1S/C12H13BrN6O2/c13-9-5-3-8(4-6-9)11-16-18-19(17-11)7-1-2-10(20)15-12(14)21/h3-6H,1-2,7H2,(H3,14,15,20,21). The number of amides is 3. The van der Waals surface area contributed by atoms with Crippen molar-refractivity contribution in [1.29, 1.82) is 0 Å². The number of benzene rings is 1. The van der Waals surface area contributed by atoms with Crippen molar-refractivity contribution in [2.75, 3.05) is 0 Å². The van der Waals surface area contributed by atoms with Gasteiger partial charge in [0.25, 0.3) is 0 Å². The topological polar surface area (TPSA) is 116 Å². The Morgan fingerprint density at radius 3 is 2.67 bits per heavy atom. The number of nitrogens with zero attached hydrogens (tertiary/aromatic N) is 4. The third-order valence-corrected chi connectivity index (χ3v) is 3.11. The Balaban J connectivity index is 1.87. The van der Waals surface area contributed by atoms with Gasteiger partial charge in [-0.1, -0.05) is 15.9 Å². The predicted molar refractivity (Wildman–Crippen MR) is 77.9 cm³/mol. The van der Waals surface area contributed by atoms with Crippen molar-refractivity contribution in [3.05, 3.63) is 28.7 Å². The second kappa shape index (κ2) is 6.93. The fraction of sp³-hybridized carbons (Fsp3) is 0.250. The number of nitrogens with two attached hydrogens (primary N) is 1. The Kier molecular flexibility index (Phi) is 4.99. The first kappa shape index (κ1) is 15.1. The highest BCUT2D eigenvalue weighted by Gasteiger charge is 2.07. The molecule has 110 valence electrons. The molecule has 3 amide bonds. The molecule has 8 nitrogen and oxygen atoms in total. The summed E-state index contributed by atoms with van der Waals surface area (Å²) in [5.74, 6) is 0.0971. The molecule has 1 heterocycles. The molecule has 0 fully saturated rings. The van der Waals surface area contributed by atoms with Crippen molar-refractivity contribution < 1.29 is 9.59 Å². The van der Waals surface area contributed by atoms with Crippen LogP contribution in [-0.2, 0) is 11.3 Å². The lowest BCUT2D eigenvalue weighted by molar-refractivity contribution is -0.120. The average Bonchev–Trinajstić information content (AvgIpc) is 2.87. The van der Waals surface area contributed by atoms with Crippen LogP contribution >= 0.6 is 15.9 Å². The monoisotopic (exact) mass is 352 g/mol. The van der Waals surface area contributed by atoms with Crippen LogP contribution in [0.1, 0.15) is 12.8 Å². The lowest BCUT2D eigenvalue weighted by Gasteiger charge is -2.00. The molecule has 0 saturated heterocycles. The molecule has 0 saturated carbocycles. The summed E-state index contributed by atoms with van der Waals surface area (Å²) in [6, 6.07) is 6.70. The van der Waals surface area contributed by atoms with Gasteiger partial charge in [-0.2, -0.15) is 4.80 Å². The number of nitrogens with one attached hydrogen (secondary N) is 1. The first-order valence-electron chi connectivity index (χ1n) is 6.17. The van der Waals surface area contributed by atoms with Gasteiger partial charge in [0.15, 0.2) is 0 Å². The molecule has 0 aliphatic rings. The van der Waals surface area contributed by atoms with Crippen LogP contribution in [0.15, 0.2) is 28.7 Å². The molecule has 0 bridgehead atoms. The van der Waals surface area contributed by atoms with Crippen molar-refractivity contribution in [2.24, 2.45) is 5.73 Å². The number of carbonyl (C=O) groups is 2. The van der Waals surface area contributed by atoms with Gasteiger partial charge >= 0.3 is 6.03 Å². The van der Waals surface area contributed by atoms with Gasteiger partial charge < -0.3 is 5.73 Å². The fourth-order valence-electron chi connectivity index (χ4n) is 1.63. The van der Waals surface area contributed by atoms with E-state index in [-0.39, 0.29) is 6.42 Å². The molecular weight excluding hydrogens is 340 g/mol. The van der Waals surface area contributed by atoms with Crippen LogP contribution in [0.2, 0.25) is 0 Å². The zero-order valence-corrected chi connectivity index (χ0v) is 12.6. The van der Waals surface area contributed by atoms with Crippen LogP contribution < -0.4 is 11.1 Å². The van der Waals surface area contributed by atoms with E-state index in [2.05, 4.69) is 31.3 Å². The zero-order chi connectivity index (χ0) is 15.2. The fourth-order valence-corrected chi connectivity index (χ4v) is 1.90. The number of hydrogen-bond acceptors (Lipinski definition) is 5. The number of halogens is 1. The number of tetrazole rings is 1. The number of urea groups is 1. The quantitative estimate of drug-likeness (QED) is 0.834. The lowest BCUT2D eigenvalue weighted by atomic mass is 10.2. The second-order valence-corrected chi connectivity index (χ2v) is 5.15. The molecule has 2 aromatic rings. The summed E-state index contributed by atoms with van der Waals surface area (Å²) in [6.45, 7) is 0.426. The number of carbonyl (C=O) groups excluding carboxylic acids is 2. The molecule has 9 heteroatoms. The number of primary amides is 1. The van der Waals surface area contributed by atoms with Gasteiger partial charge in [0.05, 0.1) is 6.54 Å². The van der Waals surface area contributed by atoms with E-state index in [0.717, 1.165) is 10.0 Å². The molecule has 2 rings (SSSR count). The molecule has 3 N–H and O–H groups in total. The van der Waals surface area contributed by atoms with Crippen LogP contribution in [0.3, 0.4) is 0 Å². The highest BCUT2D eigenvalue weighted by Crippen LogP contribution is 2.17. The van der Waals surface area contributed by atoms with Crippen molar-refractivity contribution in [2.45, 2.75) is 19.4 Å². The Bertz CT molecular complexity index is 639. The minimum absolute atomic E-state index is 0.165. The van der Waals surface area contributed by atoms with E-state index in [9.17, 15) is 9.59 Å². The lowest BCUT2D eigenvalue weighted by Crippen LogP contribution is -2.34. The van der Waals surface area contributed by atoms with Crippen LogP contribution in [0.4, 0.5) is 4.79 Å². The minimum Gasteiger partial charge on any atom is -0.351 e. The van der Waals surface area contributed by atoms with E-state index in [1.165, 1.54) is 4.80 Å². The highest BCUT2D eigenvalue weighted by molar-refractivity contribution is 9.10. The largest absolute Gasteiger partial charge is 0.351 e. The zero-order valence-electron chi connectivity index (χ0n) is 11.0. The summed E-state index contributed by atoms with van der Waals surface area (Å²) in [6.07, 6.45) is 0.646. The first-order valence-corrected chi connectivity index (χ1v) is 6.97. The Morgan fingerprint density at radius 1 is 1.29 bits per heavy atom. The van der Waals surface area contributed by atoms with E-state index < -0.39 is 11.9 Å². The molecular formula is C12H13BrN6O2. The third kappa shape index (κ3) is 4.63. The van der Waals surface area contributed by atoms with E-state index in [1.807, 2.05) is 29.6 Å². The van der Waals surface area contributed by atoms with Crippen molar-refractivity contribution in [3.63, 3.8) is 0 Å². The summed E-state index contributed by atoms with van der Waals surface area (Å²) in [4.78, 5) is 23.1. The third-order valence-electron chi connectivity index (χ3n) is 2.58. The van der Waals surface area contributed by atoms with Crippen molar-refractivity contribution in [3.8, 4) is 11.4 Å². The average molecular weight is 353 g/mol. The molecule has 0 radical (unpaired) electrons. The molecule has 0 atom stereocenters. The van der Waals surface area contributed by atoms with E-state index >= 15 is 0 Å².